The molecule has 0 unspecified atom stereocenters. The SMILES string of the molecule is NCCn1ccn2nc(-c3cccc(F)c3)cc2c1=O. The number of hydrogen-bond acceptors (Lipinski definition) is 3. The highest BCUT2D eigenvalue weighted by atomic mass is 19.1. The second-order valence-electron chi connectivity index (χ2n) is 4.46. The summed E-state index contributed by atoms with van der Waals surface area (Å²) in [5.41, 5.74) is 6.95. The van der Waals surface area contributed by atoms with Crippen LogP contribution in [0, 0.1) is 5.82 Å². The summed E-state index contributed by atoms with van der Waals surface area (Å²) in [6.07, 6.45) is 3.33. The van der Waals surface area contributed by atoms with Gasteiger partial charge < -0.3 is 10.3 Å². The van der Waals surface area contributed by atoms with Gasteiger partial charge in [-0.25, -0.2) is 8.91 Å². The van der Waals surface area contributed by atoms with Crippen molar-refractivity contribution in [3.63, 3.8) is 0 Å². The normalized spacial score (nSPS) is 11.1. The molecule has 0 amide bonds. The van der Waals surface area contributed by atoms with Crippen molar-refractivity contribution < 1.29 is 4.39 Å². The predicted molar refractivity (Wildman–Crippen MR) is 73.9 cm³/mol. The van der Waals surface area contributed by atoms with Gasteiger partial charge in [0, 0.05) is 31.0 Å². The molecule has 5 nitrogen and oxygen atoms in total. The molecule has 2 heterocycles. The average Bonchev–Trinajstić information content (AvgIpc) is 2.87. The molecular weight excluding hydrogens is 259 g/mol. The van der Waals surface area contributed by atoms with Crippen LogP contribution >= 0.6 is 0 Å². The fourth-order valence-electron chi connectivity index (χ4n) is 2.13. The monoisotopic (exact) mass is 272 g/mol. The van der Waals surface area contributed by atoms with Crippen molar-refractivity contribution in [3.8, 4) is 11.3 Å². The smallest absolute Gasteiger partial charge is 0.276 e. The number of fused-ring (bicyclic) bond motifs is 1. The Balaban J connectivity index is 2.16. The van der Waals surface area contributed by atoms with Crippen LogP contribution in [0.5, 0.6) is 0 Å². The number of hydrogen-bond donors (Lipinski definition) is 1. The summed E-state index contributed by atoms with van der Waals surface area (Å²) in [5.74, 6) is -0.333. The van der Waals surface area contributed by atoms with E-state index in [-0.39, 0.29) is 11.4 Å². The molecule has 6 heteroatoms. The van der Waals surface area contributed by atoms with E-state index in [1.807, 2.05) is 0 Å². The fourth-order valence-corrected chi connectivity index (χ4v) is 2.13. The third-order valence-electron chi connectivity index (χ3n) is 3.09. The molecule has 0 bridgehead atoms. The highest BCUT2D eigenvalue weighted by Crippen LogP contribution is 2.19. The minimum atomic E-state index is -0.333. The van der Waals surface area contributed by atoms with E-state index < -0.39 is 0 Å². The fraction of sp³-hybridized carbons (Fsp3) is 0.143. The quantitative estimate of drug-likeness (QED) is 0.780. The maximum Gasteiger partial charge on any atom is 0.276 e. The number of nitrogens with zero attached hydrogens (tertiary/aromatic N) is 3. The number of benzene rings is 1. The van der Waals surface area contributed by atoms with E-state index in [9.17, 15) is 9.18 Å². The maximum absolute atomic E-state index is 13.2. The van der Waals surface area contributed by atoms with E-state index in [2.05, 4.69) is 5.10 Å². The van der Waals surface area contributed by atoms with Crippen LogP contribution in [0.15, 0.2) is 47.5 Å². The van der Waals surface area contributed by atoms with Gasteiger partial charge in [-0.2, -0.15) is 5.10 Å². The molecule has 0 saturated heterocycles. The highest BCUT2D eigenvalue weighted by Gasteiger charge is 2.09. The number of rotatable bonds is 3. The van der Waals surface area contributed by atoms with E-state index in [0.29, 0.717) is 29.9 Å². The van der Waals surface area contributed by atoms with Crippen LogP contribution in [0.4, 0.5) is 4.39 Å². The molecular formula is C14H13FN4O. The van der Waals surface area contributed by atoms with Crippen molar-refractivity contribution >= 4 is 5.52 Å². The zero-order valence-electron chi connectivity index (χ0n) is 10.7. The predicted octanol–water partition coefficient (Wildman–Crippen LogP) is 1.26. The molecule has 0 atom stereocenters. The molecule has 0 fully saturated rings. The van der Waals surface area contributed by atoms with Crippen LogP contribution in [-0.4, -0.2) is 20.7 Å². The Morgan fingerprint density at radius 2 is 2.10 bits per heavy atom. The highest BCUT2D eigenvalue weighted by molar-refractivity contribution is 5.65. The van der Waals surface area contributed by atoms with Gasteiger partial charge in [0.2, 0.25) is 0 Å². The van der Waals surface area contributed by atoms with Gasteiger partial charge in [0.05, 0.1) is 5.69 Å². The Morgan fingerprint density at radius 3 is 2.85 bits per heavy atom. The van der Waals surface area contributed by atoms with Gasteiger partial charge in [0.15, 0.2) is 0 Å². The van der Waals surface area contributed by atoms with Gasteiger partial charge >= 0.3 is 0 Å². The van der Waals surface area contributed by atoms with Gasteiger partial charge in [0.25, 0.3) is 5.56 Å². The minimum absolute atomic E-state index is 0.159. The van der Waals surface area contributed by atoms with E-state index in [0.717, 1.165) is 0 Å². The summed E-state index contributed by atoms with van der Waals surface area (Å²) in [7, 11) is 0. The molecule has 0 aliphatic carbocycles. The molecule has 0 spiro atoms. The number of nitrogens with two attached hydrogens (primary N) is 1. The summed E-state index contributed by atoms with van der Waals surface area (Å²) in [5, 5.41) is 4.29. The Bertz CT molecular complexity index is 821. The lowest BCUT2D eigenvalue weighted by Gasteiger charge is -2.02. The van der Waals surface area contributed by atoms with Crippen LogP contribution in [-0.2, 0) is 6.54 Å². The Hall–Kier alpha value is -2.47. The Labute approximate surface area is 114 Å². The number of aromatic nitrogens is 3. The zero-order valence-corrected chi connectivity index (χ0v) is 10.7. The molecule has 2 N–H and O–H groups in total. The summed E-state index contributed by atoms with van der Waals surface area (Å²) in [4.78, 5) is 12.2. The van der Waals surface area contributed by atoms with E-state index in [1.165, 1.54) is 21.2 Å². The second-order valence-corrected chi connectivity index (χ2v) is 4.46. The molecule has 20 heavy (non-hydrogen) atoms. The van der Waals surface area contributed by atoms with Gasteiger partial charge in [-0.15, -0.1) is 0 Å². The second kappa shape index (κ2) is 4.90. The lowest BCUT2D eigenvalue weighted by Crippen LogP contribution is -2.24. The third kappa shape index (κ3) is 2.10. The summed E-state index contributed by atoms with van der Waals surface area (Å²) >= 11 is 0. The third-order valence-corrected chi connectivity index (χ3v) is 3.09. The maximum atomic E-state index is 13.2. The van der Waals surface area contributed by atoms with Crippen LogP contribution in [0.1, 0.15) is 0 Å². The Kier molecular flexibility index (Phi) is 3.08. The minimum Gasteiger partial charge on any atom is -0.329 e. The molecule has 3 aromatic rings. The topological polar surface area (TPSA) is 65.3 Å². The van der Waals surface area contributed by atoms with Crippen molar-refractivity contribution in [2.45, 2.75) is 6.54 Å². The number of halogens is 1. The first-order valence-electron chi connectivity index (χ1n) is 6.24. The molecule has 102 valence electrons. The van der Waals surface area contributed by atoms with E-state index >= 15 is 0 Å². The summed E-state index contributed by atoms with van der Waals surface area (Å²) in [6.45, 7) is 0.844. The summed E-state index contributed by atoms with van der Waals surface area (Å²) in [6, 6.07) is 7.78. The van der Waals surface area contributed by atoms with Crippen molar-refractivity contribution in [1.82, 2.24) is 14.2 Å². The van der Waals surface area contributed by atoms with E-state index in [4.69, 9.17) is 5.73 Å². The molecule has 0 saturated carbocycles. The van der Waals surface area contributed by atoms with E-state index in [1.54, 1.807) is 30.6 Å². The van der Waals surface area contributed by atoms with Crippen molar-refractivity contribution in [3.05, 3.63) is 58.9 Å². The molecule has 2 aromatic heterocycles. The molecule has 0 radical (unpaired) electrons. The first-order valence-corrected chi connectivity index (χ1v) is 6.24. The molecule has 0 aliphatic rings. The van der Waals surface area contributed by atoms with Crippen LogP contribution in [0.2, 0.25) is 0 Å². The first-order chi connectivity index (χ1) is 9.69. The standard InChI is InChI=1S/C14H13FN4O/c15-11-3-1-2-10(8-11)12-9-13-14(20)18(5-4-16)6-7-19(13)17-12/h1-3,6-9H,4-5,16H2. The lowest BCUT2D eigenvalue weighted by molar-refractivity contribution is 0.628. The van der Waals surface area contributed by atoms with Gasteiger partial charge in [0.1, 0.15) is 11.3 Å². The van der Waals surface area contributed by atoms with Crippen LogP contribution in [0.3, 0.4) is 0 Å². The molecule has 3 rings (SSSR count). The van der Waals surface area contributed by atoms with Gasteiger partial charge in [-0.3, -0.25) is 4.79 Å². The van der Waals surface area contributed by atoms with Crippen molar-refractivity contribution in [2.24, 2.45) is 5.73 Å². The van der Waals surface area contributed by atoms with Gasteiger partial charge in [-0.05, 0) is 18.2 Å². The van der Waals surface area contributed by atoms with Gasteiger partial charge in [-0.1, -0.05) is 12.1 Å². The molecule has 1 aromatic carbocycles. The summed E-state index contributed by atoms with van der Waals surface area (Å²) < 4.78 is 16.3. The Morgan fingerprint density at radius 1 is 1.25 bits per heavy atom. The van der Waals surface area contributed by atoms with Crippen molar-refractivity contribution in [2.75, 3.05) is 6.54 Å². The largest absolute Gasteiger partial charge is 0.329 e. The zero-order chi connectivity index (χ0) is 14.1. The van der Waals surface area contributed by atoms with Crippen LogP contribution < -0.4 is 11.3 Å². The lowest BCUT2D eigenvalue weighted by atomic mass is 10.1. The van der Waals surface area contributed by atoms with Crippen molar-refractivity contribution in [1.29, 1.82) is 0 Å². The first kappa shape index (κ1) is 12.6. The average molecular weight is 272 g/mol. The molecule has 0 aliphatic heterocycles. The van der Waals surface area contributed by atoms with Crippen LogP contribution in [0.25, 0.3) is 16.8 Å².